The van der Waals surface area contributed by atoms with Gasteiger partial charge >= 0.3 is 6.03 Å². The lowest BCUT2D eigenvalue weighted by atomic mass is 10.0. The lowest BCUT2D eigenvalue weighted by molar-refractivity contribution is 0.122. The van der Waals surface area contributed by atoms with Crippen LogP contribution in [0.25, 0.3) is 0 Å². The molecule has 0 aliphatic carbocycles. The van der Waals surface area contributed by atoms with Crippen molar-refractivity contribution in [2.24, 2.45) is 0 Å². The zero-order valence-electron chi connectivity index (χ0n) is 13.2. The second-order valence-electron chi connectivity index (χ2n) is 5.72. The summed E-state index contributed by atoms with van der Waals surface area (Å²) in [6, 6.07) is 9.99. The van der Waals surface area contributed by atoms with Crippen LogP contribution in [-0.4, -0.2) is 48.9 Å². The number of carbonyl (C=O) groups excluding carboxylic acids is 1. The number of urea groups is 1. The van der Waals surface area contributed by atoms with Crippen molar-refractivity contribution in [2.75, 3.05) is 26.9 Å². The smallest absolute Gasteiger partial charge is 0.318 e. The molecule has 5 nitrogen and oxygen atoms in total. The Morgan fingerprint density at radius 3 is 2.91 bits per heavy atom. The number of ether oxygens (including phenoxy) is 1. The van der Waals surface area contributed by atoms with Gasteiger partial charge < -0.3 is 20.1 Å². The van der Waals surface area contributed by atoms with Gasteiger partial charge in [0.2, 0.25) is 0 Å². The lowest BCUT2D eigenvalue weighted by Crippen LogP contribution is -2.45. The largest absolute Gasteiger partial charge is 0.396 e. The molecule has 5 heteroatoms. The highest BCUT2D eigenvalue weighted by Gasteiger charge is 2.29. The van der Waals surface area contributed by atoms with Gasteiger partial charge in [-0.05, 0) is 31.2 Å². The van der Waals surface area contributed by atoms with E-state index in [1.54, 1.807) is 7.11 Å². The number of nitrogens with one attached hydrogen (secondary N) is 1. The summed E-state index contributed by atoms with van der Waals surface area (Å²) in [4.78, 5) is 14.4. The van der Waals surface area contributed by atoms with Crippen molar-refractivity contribution in [3.05, 3.63) is 35.9 Å². The normalized spacial score (nSPS) is 19.2. The van der Waals surface area contributed by atoms with Gasteiger partial charge in [0.05, 0.1) is 18.7 Å². The minimum atomic E-state index is -0.0651. The quantitative estimate of drug-likeness (QED) is 0.812. The third-order valence-electron chi connectivity index (χ3n) is 4.15. The minimum absolute atomic E-state index is 0.0358. The molecule has 0 bridgehead atoms. The molecular formula is C17H26N2O3. The number of nitrogens with zero attached hydrogens (tertiary/aromatic N) is 1. The Labute approximate surface area is 132 Å². The summed E-state index contributed by atoms with van der Waals surface area (Å²) in [5.41, 5.74) is 1.08. The molecule has 0 radical (unpaired) electrons. The molecule has 22 heavy (non-hydrogen) atoms. The fraction of sp³-hybridized carbons (Fsp3) is 0.588. The fourth-order valence-corrected chi connectivity index (χ4v) is 3.00. The maximum absolute atomic E-state index is 12.6. The monoisotopic (exact) mass is 306 g/mol. The highest BCUT2D eigenvalue weighted by Crippen LogP contribution is 2.22. The van der Waals surface area contributed by atoms with Gasteiger partial charge in [0.25, 0.3) is 0 Å². The van der Waals surface area contributed by atoms with E-state index in [0.29, 0.717) is 13.0 Å². The van der Waals surface area contributed by atoms with Gasteiger partial charge in [-0.15, -0.1) is 0 Å². The number of rotatable bonds is 7. The average Bonchev–Trinajstić information content (AvgIpc) is 3.01. The molecule has 1 aromatic rings. The van der Waals surface area contributed by atoms with Crippen molar-refractivity contribution < 1.29 is 14.6 Å². The van der Waals surface area contributed by atoms with E-state index < -0.39 is 0 Å². The first-order valence-electron chi connectivity index (χ1n) is 7.98. The van der Waals surface area contributed by atoms with Crippen LogP contribution in [0.3, 0.4) is 0 Å². The predicted molar refractivity (Wildman–Crippen MR) is 85.6 cm³/mol. The molecule has 122 valence electrons. The first-order valence-corrected chi connectivity index (χ1v) is 7.98. The SMILES string of the molecule is COCC1CCCN1C(=O)NC(CCCO)c1ccccc1. The topological polar surface area (TPSA) is 61.8 Å². The summed E-state index contributed by atoms with van der Waals surface area (Å²) in [7, 11) is 1.67. The molecule has 2 amide bonds. The number of hydrogen-bond donors (Lipinski definition) is 2. The third kappa shape index (κ3) is 4.45. The zero-order valence-corrected chi connectivity index (χ0v) is 13.2. The average molecular weight is 306 g/mol. The number of carbonyl (C=O) groups is 1. The van der Waals surface area contributed by atoms with Crippen LogP contribution in [0.15, 0.2) is 30.3 Å². The van der Waals surface area contributed by atoms with Crippen molar-refractivity contribution in [1.29, 1.82) is 0 Å². The molecule has 1 aliphatic heterocycles. The molecule has 1 heterocycles. The number of aliphatic hydroxyl groups excluding tert-OH is 1. The van der Waals surface area contributed by atoms with E-state index >= 15 is 0 Å². The van der Waals surface area contributed by atoms with Crippen molar-refractivity contribution in [3.63, 3.8) is 0 Å². The van der Waals surface area contributed by atoms with Gasteiger partial charge in [-0.3, -0.25) is 0 Å². The maximum atomic E-state index is 12.6. The predicted octanol–water partition coefficient (Wildman–Crippen LogP) is 2.32. The van der Waals surface area contributed by atoms with E-state index in [1.807, 2.05) is 35.2 Å². The highest BCUT2D eigenvalue weighted by molar-refractivity contribution is 5.75. The Morgan fingerprint density at radius 1 is 1.45 bits per heavy atom. The molecule has 2 N–H and O–H groups in total. The van der Waals surface area contributed by atoms with E-state index in [9.17, 15) is 4.79 Å². The first-order chi connectivity index (χ1) is 10.8. The molecule has 0 spiro atoms. The first kappa shape index (κ1) is 16.8. The van der Waals surface area contributed by atoms with Crippen LogP contribution in [0.5, 0.6) is 0 Å². The van der Waals surface area contributed by atoms with Crippen molar-refractivity contribution in [2.45, 2.75) is 37.8 Å². The summed E-state index contributed by atoms with van der Waals surface area (Å²) < 4.78 is 5.21. The van der Waals surface area contributed by atoms with Crippen LogP contribution in [-0.2, 0) is 4.74 Å². The number of methoxy groups -OCH3 is 1. The molecule has 0 aromatic heterocycles. The summed E-state index contributed by atoms with van der Waals surface area (Å²) in [6.07, 6.45) is 3.42. The van der Waals surface area contributed by atoms with E-state index in [1.165, 1.54) is 0 Å². The van der Waals surface area contributed by atoms with E-state index in [-0.39, 0.29) is 24.7 Å². The van der Waals surface area contributed by atoms with Gasteiger partial charge in [-0.1, -0.05) is 30.3 Å². The van der Waals surface area contributed by atoms with Gasteiger partial charge in [-0.2, -0.15) is 0 Å². The molecule has 1 aromatic carbocycles. The number of amides is 2. The molecule has 1 saturated heterocycles. The number of hydrogen-bond acceptors (Lipinski definition) is 3. The molecular weight excluding hydrogens is 280 g/mol. The molecule has 0 saturated carbocycles. The standard InChI is InChI=1S/C17H26N2O3/c1-22-13-15-9-5-11-19(15)17(21)18-16(10-6-12-20)14-7-3-2-4-8-14/h2-4,7-8,15-16,20H,5-6,9-13H2,1H3,(H,18,21). The summed E-state index contributed by atoms with van der Waals surface area (Å²) in [6.45, 7) is 1.50. The Bertz CT molecular complexity index is 452. The summed E-state index contributed by atoms with van der Waals surface area (Å²) in [5, 5.41) is 12.2. The van der Waals surface area contributed by atoms with Crippen molar-refractivity contribution in [1.82, 2.24) is 10.2 Å². The van der Waals surface area contributed by atoms with Crippen LogP contribution in [0.2, 0.25) is 0 Å². The highest BCUT2D eigenvalue weighted by atomic mass is 16.5. The molecule has 2 atom stereocenters. The van der Waals surface area contributed by atoms with Gasteiger partial charge in [0.1, 0.15) is 0 Å². The molecule has 1 fully saturated rings. The van der Waals surface area contributed by atoms with E-state index in [0.717, 1.165) is 31.4 Å². The van der Waals surface area contributed by atoms with Crippen LogP contribution >= 0.6 is 0 Å². The Kier molecular flexibility index (Phi) is 6.68. The van der Waals surface area contributed by atoms with Crippen LogP contribution in [0.1, 0.15) is 37.3 Å². The van der Waals surface area contributed by atoms with E-state index in [4.69, 9.17) is 9.84 Å². The lowest BCUT2D eigenvalue weighted by Gasteiger charge is -2.28. The number of aliphatic hydroxyl groups is 1. The number of likely N-dealkylation sites (tertiary alicyclic amines) is 1. The second-order valence-corrected chi connectivity index (χ2v) is 5.72. The minimum Gasteiger partial charge on any atom is -0.396 e. The van der Waals surface area contributed by atoms with Crippen molar-refractivity contribution >= 4 is 6.03 Å². The van der Waals surface area contributed by atoms with Crippen LogP contribution in [0, 0.1) is 0 Å². The molecule has 1 aliphatic rings. The molecule has 2 rings (SSSR count). The second kappa shape index (κ2) is 8.76. The molecule has 2 unspecified atom stereocenters. The summed E-state index contributed by atoms with van der Waals surface area (Å²) >= 11 is 0. The fourth-order valence-electron chi connectivity index (χ4n) is 3.00. The zero-order chi connectivity index (χ0) is 15.8. The number of benzene rings is 1. The van der Waals surface area contributed by atoms with Crippen molar-refractivity contribution in [3.8, 4) is 0 Å². The Morgan fingerprint density at radius 2 is 2.23 bits per heavy atom. The van der Waals surface area contributed by atoms with Crippen LogP contribution in [0.4, 0.5) is 4.79 Å². The van der Waals surface area contributed by atoms with Gasteiger partial charge in [0, 0.05) is 20.3 Å². The van der Waals surface area contributed by atoms with Gasteiger partial charge in [-0.25, -0.2) is 4.79 Å². The van der Waals surface area contributed by atoms with Gasteiger partial charge in [0.15, 0.2) is 0 Å². The Balaban J connectivity index is 2.01. The third-order valence-corrected chi connectivity index (χ3v) is 4.15. The maximum Gasteiger partial charge on any atom is 0.318 e. The van der Waals surface area contributed by atoms with Crippen LogP contribution < -0.4 is 5.32 Å². The van der Waals surface area contributed by atoms with E-state index in [2.05, 4.69) is 5.32 Å². The Hall–Kier alpha value is -1.59. The summed E-state index contributed by atoms with van der Waals surface area (Å²) in [5.74, 6) is 0.